The lowest BCUT2D eigenvalue weighted by molar-refractivity contribution is -0.124. The summed E-state index contributed by atoms with van der Waals surface area (Å²) in [5.74, 6) is -0.344. The molecule has 0 fully saturated rings. The van der Waals surface area contributed by atoms with E-state index in [0.29, 0.717) is 12.1 Å². The summed E-state index contributed by atoms with van der Waals surface area (Å²) in [6, 6.07) is 24.9. The van der Waals surface area contributed by atoms with E-state index in [0.717, 1.165) is 28.1 Å². The number of amides is 1. The molecule has 31 heavy (non-hydrogen) atoms. The van der Waals surface area contributed by atoms with E-state index in [9.17, 15) is 9.59 Å². The van der Waals surface area contributed by atoms with Gasteiger partial charge in [-0.1, -0.05) is 72.3 Å². The fraction of sp³-hybridized carbons (Fsp3) is 0.185. The predicted octanol–water partition coefficient (Wildman–Crippen LogP) is 5.19. The van der Waals surface area contributed by atoms with Crippen LogP contribution in [0.4, 0.5) is 5.69 Å². The second-order valence-electron chi connectivity index (χ2n) is 7.97. The van der Waals surface area contributed by atoms with Crippen molar-refractivity contribution in [2.24, 2.45) is 0 Å². The fourth-order valence-electron chi connectivity index (χ4n) is 4.09. The van der Waals surface area contributed by atoms with Crippen LogP contribution in [-0.2, 0) is 16.1 Å². The molecule has 0 aliphatic carbocycles. The van der Waals surface area contributed by atoms with Gasteiger partial charge in [0.2, 0.25) is 0 Å². The number of nitrogens with zero attached hydrogens (tertiary/aromatic N) is 1. The summed E-state index contributed by atoms with van der Waals surface area (Å²) in [6.45, 7) is 6.22. The summed E-state index contributed by atoms with van der Waals surface area (Å²) in [7, 11) is 0. The van der Waals surface area contributed by atoms with Crippen molar-refractivity contribution in [3.05, 3.63) is 107 Å². The Morgan fingerprint density at radius 1 is 0.871 bits per heavy atom. The lowest BCUT2D eigenvalue weighted by Gasteiger charge is -2.34. The Labute approximate surface area is 183 Å². The summed E-state index contributed by atoms with van der Waals surface area (Å²) in [4.78, 5) is 28.1. The minimum atomic E-state index is -0.684. The van der Waals surface area contributed by atoms with Crippen molar-refractivity contribution in [2.75, 3.05) is 4.90 Å². The van der Waals surface area contributed by atoms with Gasteiger partial charge in [-0.15, -0.1) is 0 Å². The van der Waals surface area contributed by atoms with Crippen LogP contribution in [0.15, 0.2) is 84.6 Å². The van der Waals surface area contributed by atoms with Crippen molar-refractivity contribution in [1.29, 1.82) is 0 Å². The number of aryl methyl sites for hydroxylation is 1. The number of fused-ring (bicyclic) bond motifs is 1. The second-order valence-corrected chi connectivity index (χ2v) is 7.97. The highest BCUT2D eigenvalue weighted by Gasteiger charge is 2.29. The molecule has 4 rings (SSSR count). The largest absolute Gasteiger partial charge is 0.340 e. The Morgan fingerprint density at radius 2 is 1.52 bits per heavy atom. The van der Waals surface area contributed by atoms with E-state index in [-0.39, 0.29) is 11.7 Å². The first-order valence-electron chi connectivity index (χ1n) is 10.5. The van der Waals surface area contributed by atoms with Crippen LogP contribution in [0.1, 0.15) is 42.1 Å². The number of allylic oxidation sites excluding steroid dienone is 1. The summed E-state index contributed by atoms with van der Waals surface area (Å²) >= 11 is 0. The van der Waals surface area contributed by atoms with Gasteiger partial charge in [0.25, 0.3) is 5.91 Å². The smallest absolute Gasteiger partial charge is 0.254 e. The van der Waals surface area contributed by atoms with E-state index in [4.69, 9.17) is 0 Å². The van der Waals surface area contributed by atoms with Gasteiger partial charge in [-0.3, -0.25) is 9.59 Å². The molecule has 0 radical (unpaired) electrons. The van der Waals surface area contributed by atoms with Crippen LogP contribution < -0.4 is 10.2 Å². The SMILES string of the molecule is CC(=O)[C@@H](NC(=O)C1=C(C)N(c2ccc(C)cc2)Cc2ccccc21)c1ccccc1. The van der Waals surface area contributed by atoms with Crippen LogP contribution >= 0.6 is 0 Å². The van der Waals surface area contributed by atoms with Crippen LogP contribution in [0.5, 0.6) is 0 Å². The van der Waals surface area contributed by atoms with E-state index in [1.54, 1.807) is 0 Å². The zero-order chi connectivity index (χ0) is 22.0. The number of nitrogens with one attached hydrogen (secondary N) is 1. The van der Waals surface area contributed by atoms with E-state index in [1.807, 2.05) is 55.5 Å². The molecule has 0 unspecified atom stereocenters. The molecule has 0 spiro atoms. The number of ketones is 1. The molecule has 1 aliphatic rings. The molecule has 3 aromatic rings. The van der Waals surface area contributed by atoms with Gasteiger partial charge in [0.1, 0.15) is 6.04 Å². The third-order valence-corrected chi connectivity index (χ3v) is 5.77. The molecule has 0 aromatic heterocycles. The quantitative estimate of drug-likeness (QED) is 0.630. The number of rotatable bonds is 5. The minimum absolute atomic E-state index is 0.0997. The summed E-state index contributed by atoms with van der Waals surface area (Å²) in [5, 5.41) is 2.98. The van der Waals surface area contributed by atoms with E-state index in [2.05, 4.69) is 47.5 Å². The van der Waals surface area contributed by atoms with Gasteiger partial charge in [0.15, 0.2) is 5.78 Å². The van der Waals surface area contributed by atoms with Crippen molar-refractivity contribution in [3.8, 4) is 0 Å². The van der Waals surface area contributed by atoms with Crippen molar-refractivity contribution < 1.29 is 9.59 Å². The van der Waals surface area contributed by atoms with Crippen LogP contribution in [0.3, 0.4) is 0 Å². The zero-order valence-electron chi connectivity index (χ0n) is 18.1. The van der Waals surface area contributed by atoms with E-state index >= 15 is 0 Å². The monoisotopic (exact) mass is 410 g/mol. The number of benzene rings is 3. The predicted molar refractivity (Wildman–Crippen MR) is 124 cm³/mol. The van der Waals surface area contributed by atoms with Gasteiger partial charge in [0.05, 0.1) is 5.57 Å². The fourth-order valence-corrected chi connectivity index (χ4v) is 4.09. The van der Waals surface area contributed by atoms with Gasteiger partial charge in [0, 0.05) is 17.9 Å². The van der Waals surface area contributed by atoms with Crippen LogP contribution in [0, 0.1) is 6.92 Å². The normalized spacial score (nSPS) is 14.1. The maximum Gasteiger partial charge on any atom is 0.254 e. The van der Waals surface area contributed by atoms with Gasteiger partial charge in [-0.25, -0.2) is 0 Å². The van der Waals surface area contributed by atoms with E-state index < -0.39 is 6.04 Å². The van der Waals surface area contributed by atoms with E-state index in [1.165, 1.54) is 12.5 Å². The van der Waals surface area contributed by atoms with Crippen molar-refractivity contribution in [1.82, 2.24) is 5.32 Å². The van der Waals surface area contributed by atoms with Gasteiger partial charge in [-0.2, -0.15) is 0 Å². The maximum atomic E-state index is 13.5. The Hall–Kier alpha value is -3.66. The first-order chi connectivity index (χ1) is 15.0. The molecule has 156 valence electrons. The van der Waals surface area contributed by atoms with Gasteiger partial charge < -0.3 is 10.2 Å². The maximum absolute atomic E-state index is 13.5. The molecule has 1 N–H and O–H groups in total. The number of anilines is 1. The Morgan fingerprint density at radius 3 is 2.19 bits per heavy atom. The minimum Gasteiger partial charge on any atom is -0.340 e. The molecule has 4 heteroatoms. The molecule has 0 bridgehead atoms. The lowest BCUT2D eigenvalue weighted by atomic mass is 9.92. The third kappa shape index (κ3) is 4.15. The van der Waals surface area contributed by atoms with Gasteiger partial charge >= 0.3 is 0 Å². The van der Waals surface area contributed by atoms with Crippen LogP contribution in [-0.4, -0.2) is 11.7 Å². The first-order valence-corrected chi connectivity index (χ1v) is 10.5. The Balaban J connectivity index is 1.75. The molecule has 0 saturated heterocycles. The Kier molecular flexibility index (Phi) is 5.72. The summed E-state index contributed by atoms with van der Waals surface area (Å²) < 4.78 is 0. The average molecular weight is 411 g/mol. The molecule has 4 nitrogen and oxygen atoms in total. The van der Waals surface area contributed by atoms with Gasteiger partial charge in [-0.05, 0) is 49.6 Å². The standard InChI is InChI=1S/C27H26N2O2/c1-18-13-15-23(16-14-18)29-17-22-11-7-8-12-24(22)25(19(29)2)27(31)28-26(20(3)30)21-9-5-4-6-10-21/h4-16,26H,17H2,1-3H3,(H,28,31)/t26-/m1/s1. The number of hydrogen-bond donors (Lipinski definition) is 1. The Bertz CT molecular complexity index is 1150. The third-order valence-electron chi connectivity index (χ3n) is 5.77. The number of hydrogen-bond acceptors (Lipinski definition) is 3. The topological polar surface area (TPSA) is 49.4 Å². The average Bonchev–Trinajstić information content (AvgIpc) is 2.78. The zero-order valence-corrected chi connectivity index (χ0v) is 18.1. The molecule has 1 aliphatic heterocycles. The number of carbonyl (C=O) groups is 2. The molecular weight excluding hydrogens is 384 g/mol. The highest BCUT2D eigenvalue weighted by atomic mass is 16.2. The first kappa shape index (κ1) is 20.6. The molecule has 0 saturated carbocycles. The van der Waals surface area contributed by atoms with Crippen molar-refractivity contribution in [2.45, 2.75) is 33.4 Å². The molecular formula is C27H26N2O2. The highest BCUT2D eigenvalue weighted by Crippen LogP contribution is 2.35. The molecule has 1 heterocycles. The summed E-state index contributed by atoms with van der Waals surface area (Å²) in [6.07, 6.45) is 0. The molecule has 1 amide bonds. The molecule has 3 aromatic carbocycles. The summed E-state index contributed by atoms with van der Waals surface area (Å²) in [5.41, 5.74) is 6.47. The number of carbonyl (C=O) groups excluding carboxylic acids is 2. The van der Waals surface area contributed by atoms with Crippen molar-refractivity contribution >= 4 is 23.0 Å². The van der Waals surface area contributed by atoms with Crippen LogP contribution in [0.2, 0.25) is 0 Å². The van der Waals surface area contributed by atoms with Crippen molar-refractivity contribution in [3.63, 3.8) is 0 Å². The lowest BCUT2D eigenvalue weighted by Crippen LogP contribution is -2.37. The molecule has 1 atom stereocenters. The highest BCUT2D eigenvalue weighted by molar-refractivity contribution is 6.22. The van der Waals surface area contributed by atoms with Crippen LogP contribution in [0.25, 0.3) is 5.57 Å². The second kappa shape index (κ2) is 8.60. The number of Topliss-reactive ketones (excluding diaryl/α,β-unsaturated/α-hetero) is 1.